The third-order valence-corrected chi connectivity index (χ3v) is 0.865. The zero-order valence-corrected chi connectivity index (χ0v) is 5.21. The summed E-state index contributed by atoms with van der Waals surface area (Å²) >= 11 is 0. The number of hydrogen-bond acceptors (Lipinski definition) is 4. The normalized spacial score (nSPS) is 13.1. The van der Waals surface area contributed by atoms with Gasteiger partial charge in [0, 0.05) is 19.5 Å². The van der Waals surface area contributed by atoms with Crippen molar-refractivity contribution < 1.29 is 9.90 Å². The molecule has 4 heteroatoms. The van der Waals surface area contributed by atoms with Gasteiger partial charge in [0.05, 0.1) is 0 Å². The lowest BCUT2D eigenvalue weighted by atomic mass is 10.4. The molecule has 0 saturated heterocycles. The Kier molecular flexibility index (Phi) is 5.40. The smallest absolute Gasteiger partial charge is 0.121 e. The summed E-state index contributed by atoms with van der Waals surface area (Å²) in [6.45, 7) is 0.667. The summed E-state index contributed by atoms with van der Waals surface area (Å²) in [4.78, 5) is 9.72. The van der Waals surface area contributed by atoms with E-state index in [0.29, 0.717) is 13.0 Å². The quantitative estimate of drug-likeness (QED) is 0.240. The molecule has 0 radical (unpaired) electrons. The number of nitrogens with two attached hydrogens (primary N) is 1. The van der Waals surface area contributed by atoms with Crippen LogP contribution in [0.15, 0.2) is 0 Å². The highest BCUT2D eigenvalue weighted by Gasteiger charge is 1.95. The highest BCUT2D eigenvalue weighted by atomic mass is 16.3. The fourth-order valence-corrected chi connectivity index (χ4v) is 0.392. The van der Waals surface area contributed by atoms with Gasteiger partial charge in [0.2, 0.25) is 0 Å². The van der Waals surface area contributed by atoms with Gasteiger partial charge >= 0.3 is 0 Å². The van der Waals surface area contributed by atoms with Crippen LogP contribution in [-0.4, -0.2) is 30.7 Å². The number of rotatable bonds is 5. The Bertz CT molecular complexity index is 77.4. The zero-order valence-electron chi connectivity index (χ0n) is 5.21. The molecule has 0 spiro atoms. The Morgan fingerprint density at radius 1 is 1.78 bits per heavy atom. The fraction of sp³-hybridized carbons (Fsp3) is 0.800. The monoisotopic (exact) mass is 132 g/mol. The van der Waals surface area contributed by atoms with Crippen LogP contribution in [0, 0.1) is 0 Å². The highest BCUT2D eigenvalue weighted by Crippen LogP contribution is 1.71. The minimum absolute atomic E-state index is 0.179. The van der Waals surface area contributed by atoms with E-state index < -0.39 is 6.23 Å². The molecular weight excluding hydrogens is 120 g/mol. The molecule has 4 nitrogen and oxygen atoms in total. The van der Waals surface area contributed by atoms with Crippen LogP contribution in [0.5, 0.6) is 0 Å². The molecule has 0 aromatic rings. The Balaban J connectivity index is 2.96. The van der Waals surface area contributed by atoms with Gasteiger partial charge in [-0.25, -0.2) is 0 Å². The van der Waals surface area contributed by atoms with Crippen LogP contribution in [0.1, 0.15) is 6.42 Å². The lowest BCUT2D eigenvalue weighted by molar-refractivity contribution is -0.107. The second-order valence-corrected chi connectivity index (χ2v) is 1.66. The van der Waals surface area contributed by atoms with E-state index in [2.05, 4.69) is 5.32 Å². The van der Waals surface area contributed by atoms with Crippen molar-refractivity contribution >= 4 is 6.29 Å². The third-order valence-electron chi connectivity index (χ3n) is 0.865. The van der Waals surface area contributed by atoms with Gasteiger partial charge < -0.3 is 15.6 Å². The predicted molar refractivity (Wildman–Crippen MR) is 33.7 cm³/mol. The number of aliphatic hydroxyl groups is 1. The summed E-state index contributed by atoms with van der Waals surface area (Å²) in [5, 5.41) is 11.4. The maximum Gasteiger partial charge on any atom is 0.121 e. The number of carbonyl (C=O) groups is 1. The maximum absolute atomic E-state index is 9.72. The number of carbonyl (C=O) groups excluding carboxylic acids is 1. The number of aldehydes is 1. The molecule has 0 aliphatic rings. The molecule has 0 bridgehead atoms. The third kappa shape index (κ3) is 5.42. The minimum atomic E-state index is -0.676. The van der Waals surface area contributed by atoms with E-state index in [1.807, 2.05) is 0 Å². The van der Waals surface area contributed by atoms with Gasteiger partial charge in [-0.2, -0.15) is 0 Å². The van der Waals surface area contributed by atoms with Crippen molar-refractivity contribution in [3.8, 4) is 0 Å². The molecule has 1 atom stereocenters. The molecule has 0 aromatic carbocycles. The van der Waals surface area contributed by atoms with Crippen LogP contribution in [-0.2, 0) is 4.79 Å². The first-order valence-electron chi connectivity index (χ1n) is 2.86. The molecule has 0 rings (SSSR count). The number of nitrogens with one attached hydrogen (secondary N) is 1. The molecule has 4 N–H and O–H groups in total. The first-order chi connectivity index (χ1) is 4.31. The van der Waals surface area contributed by atoms with Crippen LogP contribution >= 0.6 is 0 Å². The van der Waals surface area contributed by atoms with Crippen LogP contribution < -0.4 is 11.1 Å². The Morgan fingerprint density at radius 2 is 2.44 bits per heavy atom. The Hall–Kier alpha value is -0.450. The van der Waals surface area contributed by atoms with Crippen LogP contribution in [0.4, 0.5) is 0 Å². The van der Waals surface area contributed by atoms with E-state index in [-0.39, 0.29) is 6.54 Å². The van der Waals surface area contributed by atoms with Gasteiger partial charge in [0.15, 0.2) is 0 Å². The first kappa shape index (κ1) is 8.55. The fourth-order valence-electron chi connectivity index (χ4n) is 0.392. The molecule has 0 aromatic heterocycles. The van der Waals surface area contributed by atoms with Gasteiger partial charge in [-0.05, 0) is 0 Å². The van der Waals surface area contributed by atoms with Gasteiger partial charge in [-0.3, -0.25) is 5.32 Å². The standard InChI is InChI=1S/C5H12N2O2/c6-4-5(9)7-2-1-3-8/h3,5,7,9H,1-2,4,6H2. The van der Waals surface area contributed by atoms with E-state index in [4.69, 9.17) is 10.8 Å². The van der Waals surface area contributed by atoms with Crippen LogP contribution in [0.25, 0.3) is 0 Å². The lowest BCUT2D eigenvalue weighted by Gasteiger charge is -2.06. The SMILES string of the molecule is NCC(O)NCCC=O. The molecule has 0 aliphatic carbocycles. The molecule has 0 aliphatic heterocycles. The van der Waals surface area contributed by atoms with E-state index in [0.717, 1.165) is 6.29 Å². The molecule has 0 fully saturated rings. The van der Waals surface area contributed by atoms with Crippen molar-refractivity contribution in [2.45, 2.75) is 12.6 Å². The molecule has 54 valence electrons. The van der Waals surface area contributed by atoms with Crippen LogP contribution in [0.3, 0.4) is 0 Å². The minimum Gasteiger partial charge on any atom is -0.377 e. The van der Waals surface area contributed by atoms with Crippen molar-refractivity contribution in [1.29, 1.82) is 0 Å². The number of aliphatic hydroxyl groups excluding tert-OH is 1. The van der Waals surface area contributed by atoms with Crippen molar-refractivity contribution in [3.63, 3.8) is 0 Å². The molecule has 0 heterocycles. The van der Waals surface area contributed by atoms with Crippen LogP contribution in [0.2, 0.25) is 0 Å². The number of hydrogen-bond donors (Lipinski definition) is 3. The summed E-state index contributed by atoms with van der Waals surface area (Å²) in [5.74, 6) is 0. The largest absolute Gasteiger partial charge is 0.377 e. The van der Waals surface area contributed by atoms with E-state index >= 15 is 0 Å². The second kappa shape index (κ2) is 5.68. The van der Waals surface area contributed by atoms with Crippen molar-refractivity contribution in [2.24, 2.45) is 5.73 Å². The second-order valence-electron chi connectivity index (χ2n) is 1.66. The summed E-state index contributed by atoms with van der Waals surface area (Å²) in [5.41, 5.74) is 5.05. The summed E-state index contributed by atoms with van der Waals surface area (Å²) in [6, 6.07) is 0. The summed E-state index contributed by atoms with van der Waals surface area (Å²) in [6.07, 6.45) is 0.526. The first-order valence-corrected chi connectivity index (χ1v) is 2.86. The summed E-state index contributed by atoms with van der Waals surface area (Å²) < 4.78 is 0. The maximum atomic E-state index is 9.72. The van der Waals surface area contributed by atoms with E-state index in [1.165, 1.54) is 0 Å². The topological polar surface area (TPSA) is 75.3 Å². The van der Waals surface area contributed by atoms with E-state index in [9.17, 15) is 4.79 Å². The lowest BCUT2D eigenvalue weighted by Crippen LogP contribution is -2.36. The summed E-state index contributed by atoms with van der Waals surface area (Å²) in [7, 11) is 0. The molecular formula is C5H12N2O2. The molecule has 9 heavy (non-hydrogen) atoms. The van der Waals surface area contributed by atoms with Gasteiger partial charge in [-0.15, -0.1) is 0 Å². The zero-order chi connectivity index (χ0) is 7.11. The molecule has 1 unspecified atom stereocenters. The average Bonchev–Trinajstić information content (AvgIpc) is 1.89. The predicted octanol–water partition coefficient (Wildman–Crippen LogP) is -1.56. The molecule has 0 amide bonds. The van der Waals surface area contributed by atoms with Gasteiger partial charge in [0.25, 0.3) is 0 Å². The van der Waals surface area contributed by atoms with Crippen molar-refractivity contribution in [1.82, 2.24) is 5.32 Å². The average molecular weight is 132 g/mol. The van der Waals surface area contributed by atoms with Crippen molar-refractivity contribution in [2.75, 3.05) is 13.1 Å². The molecule has 0 saturated carbocycles. The van der Waals surface area contributed by atoms with Gasteiger partial charge in [0.1, 0.15) is 12.5 Å². The Labute approximate surface area is 54.0 Å². The van der Waals surface area contributed by atoms with Crippen molar-refractivity contribution in [3.05, 3.63) is 0 Å². The van der Waals surface area contributed by atoms with Gasteiger partial charge in [-0.1, -0.05) is 0 Å². The highest BCUT2D eigenvalue weighted by molar-refractivity contribution is 5.49. The van der Waals surface area contributed by atoms with E-state index in [1.54, 1.807) is 0 Å². The Morgan fingerprint density at radius 3 is 2.89 bits per heavy atom.